The summed E-state index contributed by atoms with van der Waals surface area (Å²) in [4.78, 5) is 20.7. The minimum absolute atomic E-state index is 0.324. The van der Waals surface area contributed by atoms with Gasteiger partial charge in [0, 0.05) is 52.7 Å². The van der Waals surface area contributed by atoms with E-state index in [1.165, 1.54) is 6.20 Å². The number of methoxy groups -OCH3 is 4. The smallest absolute Gasteiger partial charge is 0.324 e. The van der Waals surface area contributed by atoms with Crippen molar-refractivity contribution in [2.24, 2.45) is 0 Å². The Labute approximate surface area is 319 Å². The largest absolute Gasteiger partial charge is 0.493 e. The van der Waals surface area contributed by atoms with Crippen molar-refractivity contribution in [3.8, 4) is 46.0 Å². The Morgan fingerprint density at radius 1 is 0.593 bits per heavy atom. The number of hydrogen-bond acceptors (Lipinski definition) is 11. The molecule has 0 aliphatic heterocycles. The maximum Gasteiger partial charge on any atom is 0.324 e. The number of nitrogens with one attached hydrogen (secondary N) is 3. The lowest BCUT2D eigenvalue weighted by Crippen LogP contribution is -2.19. The normalized spacial score (nSPS) is 10.6. The predicted octanol–water partition coefficient (Wildman–Crippen LogP) is 9.34. The molecule has 4 aromatic carbocycles. The van der Waals surface area contributed by atoms with E-state index in [1.807, 2.05) is 6.07 Å². The summed E-state index contributed by atoms with van der Waals surface area (Å²) >= 11 is 12.6. The Morgan fingerprint density at radius 2 is 1.11 bits per heavy atom. The number of hydrogen-bond donors (Lipinski definition) is 4. The molecule has 0 spiro atoms. The summed E-state index contributed by atoms with van der Waals surface area (Å²) in [6.45, 7) is 0. The Balaban J connectivity index is 0.000000193. The number of fused-ring (bicyclic) bond motifs is 2. The molecule has 16 heteroatoms. The number of nitrogens with two attached hydrogens (primary N) is 1. The number of carbonyl (C=O) groups excluding carboxylic acids is 1. The van der Waals surface area contributed by atoms with Gasteiger partial charge in [0.2, 0.25) is 0 Å². The molecule has 7 aromatic rings. The van der Waals surface area contributed by atoms with E-state index >= 15 is 0 Å². The predicted molar refractivity (Wildman–Crippen MR) is 208 cm³/mol. The van der Waals surface area contributed by atoms with Crippen LogP contribution < -0.4 is 44.8 Å². The average Bonchev–Trinajstić information content (AvgIpc) is 3.69. The molecule has 0 aliphatic carbocycles. The van der Waals surface area contributed by atoms with Crippen LogP contribution in [0.1, 0.15) is 0 Å². The van der Waals surface area contributed by atoms with Gasteiger partial charge in [0.1, 0.15) is 28.8 Å². The van der Waals surface area contributed by atoms with Crippen LogP contribution in [0.5, 0.6) is 46.0 Å². The topological polar surface area (TPSA) is 177 Å². The monoisotopic (exact) mass is 769 g/mol. The zero-order valence-corrected chi connectivity index (χ0v) is 30.8. The molecule has 7 rings (SSSR count). The number of rotatable bonds is 10. The van der Waals surface area contributed by atoms with Gasteiger partial charge in [-0.25, -0.2) is 4.79 Å². The highest BCUT2D eigenvalue weighted by Gasteiger charge is 2.15. The molecule has 2 amide bonds. The van der Waals surface area contributed by atoms with Gasteiger partial charge in [-0.2, -0.15) is 5.10 Å². The standard InChI is InChI=1S/C21H18ClN5O4.C17H15ClN2O3/c1-29-18-10-13-15(11-19(18)30-2)23-7-5-16(13)31-17-4-3-12(9-14(17)22)25-21(28)26-20-6-8-24-27-20;1-21-16-8-11-13(9-17(16)22-2)20-6-5-14(11)23-15-4-3-10(19)7-12(15)18/h3-11H,1-2H3,(H3,24,25,26,27,28);3-9H,19H2,1-2H3. The first kappa shape index (κ1) is 37.1. The number of ether oxygens (including phenoxy) is 6. The number of halogens is 2. The highest BCUT2D eigenvalue weighted by molar-refractivity contribution is 6.32. The van der Waals surface area contributed by atoms with Crippen molar-refractivity contribution in [1.82, 2.24) is 20.2 Å². The van der Waals surface area contributed by atoms with Gasteiger partial charge in [0.15, 0.2) is 23.0 Å². The highest BCUT2D eigenvalue weighted by atomic mass is 35.5. The van der Waals surface area contributed by atoms with E-state index in [0.717, 1.165) is 16.3 Å². The van der Waals surface area contributed by atoms with Gasteiger partial charge in [0.05, 0.1) is 55.7 Å². The number of anilines is 3. The number of urea groups is 1. The summed E-state index contributed by atoms with van der Waals surface area (Å²) in [5.74, 6) is 4.90. The molecule has 3 aromatic heterocycles. The lowest BCUT2D eigenvalue weighted by molar-refractivity contribution is 0.262. The van der Waals surface area contributed by atoms with E-state index in [9.17, 15) is 4.79 Å². The van der Waals surface area contributed by atoms with Crippen LogP contribution in [-0.4, -0.2) is 54.6 Å². The van der Waals surface area contributed by atoms with Crippen molar-refractivity contribution in [2.75, 3.05) is 44.8 Å². The number of aromatic nitrogens is 4. The van der Waals surface area contributed by atoms with Crippen LogP contribution in [0.2, 0.25) is 10.0 Å². The van der Waals surface area contributed by atoms with E-state index in [0.29, 0.717) is 78.8 Å². The first-order valence-electron chi connectivity index (χ1n) is 16.0. The van der Waals surface area contributed by atoms with Gasteiger partial charge in [-0.05, 0) is 60.7 Å². The van der Waals surface area contributed by atoms with Gasteiger partial charge in [-0.3, -0.25) is 20.4 Å². The van der Waals surface area contributed by atoms with Crippen molar-refractivity contribution in [3.63, 3.8) is 0 Å². The number of H-pyrrole nitrogens is 1. The maximum atomic E-state index is 12.1. The van der Waals surface area contributed by atoms with Gasteiger partial charge < -0.3 is 39.5 Å². The second kappa shape index (κ2) is 16.8. The summed E-state index contributed by atoms with van der Waals surface area (Å²) < 4.78 is 33.3. The van der Waals surface area contributed by atoms with Crippen molar-refractivity contribution in [3.05, 3.63) is 107 Å². The zero-order valence-electron chi connectivity index (χ0n) is 29.3. The number of amides is 2. The molecule has 0 fully saturated rings. The molecule has 276 valence electrons. The molecule has 0 saturated carbocycles. The number of carbonyl (C=O) groups is 1. The SMILES string of the molecule is COc1cc2nccc(Oc3ccc(N)cc3Cl)c2cc1OC.COc1cc2nccc(Oc3ccc(NC(=O)Nc4ccn[nH]4)cc3Cl)c2cc1OC. The van der Waals surface area contributed by atoms with Crippen molar-refractivity contribution in [1.29, 1.82) is 0 Å². The van der Waals surface area contributed by atoms with E-state index in [1.54, 1.807) is 114 Å². The van der Waals surface area contributed by atoms with Crippen LogP contribution in [0.4, 0.5) is 22.0 Å². The summed E-state index contributed by atoms with van der Waals surface area (Å²) in [5.41, 5.74) is 8.19. The van der Waals surface area contributed by atoms with Gasteiger partial charge in [-0.1, -0.05) is 23.2 Å². The fourth-order valence-corrected chi connectivity index (χ4v) is 5.63. The minimum Gasteiger partial charge on any atom is -0.493 e. The third kappa shape index (κ3) is 8.52. The van der Waals surface area contributed by atoms with Gasteiger partial charge in [-0.15, -0.1) is 0 Å². The molecular formula is C38H33Cl2N7O7. The number of nitrogens with zero attached hydrogens (tertiary/aromatic N) is 3. The van der Waals surface area contributed by atoms with Crippen LogP contribution in [0.25, 0.3) is 21.8 Å². The third-order valence-electron chi connectivity index (χ3n) is 7.75. The van der Waals surface area contributed by atoms with Crippen molar-refractivity contribution in [2.45, 2.75) is 0 Å². The molecule has 54 heavy (non-hydrogen) atoms. The van der Waals surface area contributed by atoms with Crippen molar-refractivity contribution < 1.29 is 33.2 Å². The number of pyridine rings is 2. The van der Waals surface area contributed by atoms with E-state index in [2.05, 4.69) is 30.8 Å². The Morgan fingerprint density at radius 3 is 1.59 bits per heavy atom. The van der Waals surface area contributed by atoms with Crippen LogP contribution in [0.3, 0.4) is 0 Å². The minimum atomic E-state index is -0.435. The number of nitrogen functional groups attached to an aromatic ring is 1. The van der Waals surface area contributed by atoms with Crippen molar-refractivity contribution >= 4 is 68.2 Å². The molecule has 0 radical (unpaired) electrons. The van der Waals surface area contributed by atoms with Gasteiger partial charge in [0.25, 0.3) is 0 Å². The van der Waals surface area contributed by atoms with E-state index in [4.69, 9.17) is 57.4 Å². The van der Waals surface area contributed by atoms with E-state index < -0.39 is 6.03 Å². The zero-order chi connectivity index (χ0) is 38.2. The summed E-state index contributed by atoms with van der Waals surface area (Å²) in [6.07, 6.45) is 4.83. The quantitative estimate of drug-likeness (QED) is 0.0975. The fraction of sp³-hybridized carbons (Fsp3) is 0.105. The fourth-order valence-electron chi connectivity index (χ4n) is 5.18. The summed E-state index contributed by atoms with van der Waals surface area (Å²) in [5, 5.41) is 14.0. The van der Waals surface area contributed by atoms with Crippen LogP contribution in [0.15, 0.2) is 97.5 Å². The average molecular weight is 771 g/mol. The van der Waals surface area contributed by atoms with Crippen LogP contribution in [-0.2, 0) is 0 Å². The Hall–Kier alpha value is -6.64. The second-order valence-corrected chi connectivity index (χ2v) is 12.0. The van der Waals surface area contributed by atoms with Crippen LogP contribution in [0, 0.1) is 0 Å². The highest BCUT2D eigenvalue weighted by Crippen LogP contribution is 2.40. The lowest BCUT2D eigenvalue weighted by Gasteiger charge is -2.13. The van der Waals surface area contributed by atoms with Gasteiger partial charge >= 0.3 is 6.03 Å². The molecule has 0 aliphatic rings. The molecule has 0 saturated heterocycles. The summed E-state index contributed by atoms with van der Waals surface area (Å²) in [7, 11) is 6.29. The second-order valence-electron chi connectivity index (χ2n) is 11.2. The Bertz CT molecular complexity index is 2430. The lowest BCUT2D eigenvalue weighted by atomic mass is 10.2. The molecule has 5 N–H and O–H groups in total. The number of aromatic amines is 1. The van der Waals surface area contributed by atoms with E-state index in [-0.39, 0.29) is 0 Å². The Kier molecular flexibility index (Phi) is 11.5. The first-order chi connectivity index (χ1) is 26.2. The molecule has 3 heterocycles. The molecule has 0 atom stereocenters. The first-order valence-corrected chi connectivity index (χ1v) is 16.7. The molecule has 14 nitrogen and oxygen atoms in total. The summed E-state index contributed by atoms with van der Waals surface area (Å²) in [6, 6.07) is 21.9. The number of benzene rings is 4. The maximum absolute atomic E-state index is 12.1. The molecular weight excluding hydrogens is 737 g/mol. The third-order valence-corrected chi connectivity index (χ3v) is 8.34. The van der Waals surface area contributed by atoms with Crippen LogP contribution >= 0.6 is 23.2 Å². The molecule has 0 unspecified atom stereocenters. The molecule has 0 bridgehead atoms.